The summed E-state index contributed by atoms with van der Waals surface area (Å²) in [6, 6.07) is 26.7. The number of imidazole rings is 1. The zero-order valence-corrected chi connectivity index (χ0v) is 33.5. The number of aliphatic carboxylic acids is 1. The van der Waals surface area contributed by atoms with Gasteiger partial charge in [0, 0.05) is 48.6 Å². The Morgan fingerprint density at radius 3 is 2.13 bits per heavy atom. The van der Waals surface area contributed by atoms with E-state index in [0.717, 1.165) is 16.0 Å². The molecule has 0 radical (unpaired) electrons. The number of aliphatic hydroxyl groups is 2. The summed E-state index contributed by atoms with van der Waals surface area (Å²) in [6.45, 7) is 3.37. The van der Waals surface area contributed by atoms with Gasteiger partial charge in [0.2, 0.25) is 11.9 Å². The van der Waals surface area contributed by atoms with Crippen molar-refractivity contribution in [1.29, 1.82) is 0 Å². The van der Waals surface area contributed by atoms with Crippen molar-refractivity contribution in [3.05, 3.63) is 102 Å². The Kier molecular flexibility index (Phi) is 14.1. The van der Waals surface area contributed by atoms with E-state index >= 15 is 0 Å². The van der Waals surface area contributed by atoms with Gasteiger partial charge in [0.05, 0.1) is 18.4 Å². The van der Waals surface area contributed by atoms with Crippen molar-refractivity contribution in [2.75, 3.05) is 41.4 Å². The van der Waals surface area contributed by atoms with Gasteiger partial charge in [0.15, 0.2) is 17.0 Å². The van der Waals surface area contributed by atoms with Crippen LogP contribution in [0.4, 0.5) is 35.4 Å². The number of alkyl halides is 3. The number of carbonyl (C=O) groups excluding carboxylic acids is 2. The fourth-order valence-electron chi connectivity index (χ4n) is 7.23. The van der Waals surface area contributed by atoms with Gasteiger partial charge in [-0.1, -0.05) is 67.6 Å². The predicted octanol–water partition coefficient (Wildman–Crippen LogP) is 5.39. The Balaban J connectivity index is 0.000000793. The van der Waals surface area contributed by atoms with Gasteiger partial charge in [-0.05, 0) is 54.5 Å². The third kappa shape index (κ3) is 10.6. The summed E-state index contributed by atoms with van der Waals surface area (Å²) in [5, 5.41) is 41.7. The first-order valence-corrected chi connectivity index (χ1v) is 20.5. The largest absolute Gasteiger partial charge is 0.490 e. The minimum absolute atomic E-state index is 0.0125. The second-order valence-corrected chi connectivity index (χ2v) is 15.2. The number of rotatable bonds is 12. The molecule has 0 spiro atoms. The number of amides is 3. The number of anilines is 3. The van der Waals surface area contributed by atoms with Crippen LogP contribution in [0, 0.1) is 0 Å². The Hall–Kier alpha value is -5.92. The molecule has 3 aromatic carbocycles. The molecule has 7 N–H and O–H groups in total. The van der Waals surface area contributed by atoms with E-state index in [2.05, 4.69) is 45.5 Å². The van der Waals surface area contributed by atoms with Crippen molar-refractivity contribution in [3.63, 3.8) is 0 Å². The van der Waals surface area contributed by atoms with Crippen LogP contribution in [0.1, 0.15) is 49.3 Å². The summed E-state index contributed by atoms with van der Waals surface area (Å²) in [6.07, 6.45) is -2.49. The first-order valence-electron chi connectivity index (χ1n) is 19.3. The molecule has 2 fully saturated rings. The number of carboxylic acid groups (broad SMARTS) is 1. The SMILES string of the molecule is CCC(=O)N[C@H]1C[C@@H](n2cnc3c(NCC(c4ccccc4)c4ccccc4)nc(N4CC[C@@H](NC(=O)Nc5ccc(SC)cc5)C4)nc32)[C@H](O)[C@@H]1O.O=C(O)C(F)(F)F. The molecule has 15 nitrogen and oxygen atoms in total. The number of thioether (sulfide) groups is 1. The number of nitrogens with one attached hydrogen (secondary N) is 4. The lowest BCUT2D eigenvalue weighted by Gasteiger charge is -2.22. The van der Waals surface area contributed by atoms with Crippen LogP contribution in [-0.4, -0.2) is 109 Å². The molecule has 1 saturated carbocycles. The highest BCUT2D eigenvalue weighted by Gasteiger charge is 2.44. The van der Waals surface area contributed by atoms with Crippen LogP contribution in [-0.2, 0) is 9.59 Å². The Labute approximate surface area is 347 Å². The Morgan fingerprint density at radius 2 is 1.55 bits per heavy atom. The Bertz CT molecular complexity index is 2200. The van der Waals surface area contributed by atoms with Crippen LogP contribution in [0.2, 0.25) is 0 Å². The highest BCUT2D eigenvalue weighted by atomic mass is 32.2. The van der Waals surface area contributed by atoms with Crippen LogP contribution in [0.3, 0.4) is 0 Å². The number of carbonyl (C=O) groups is 3. The lowest BCUT2D eigenvalue weighted by molar-refractivity contribution is -0.192. The van der Waals surface area contributed by atoms with Gasteiger partial charge in [0.1, 0.15) is 12.2 Å². The van der Waals surface area contributed by atoms with E-state index in [1.165, 1.54) is 0 Å². The second kappa shape index (κ2) is 19.4. The number of hydrogen-bond donors (Lipinski definition) is 7. The standard InChI is InChI=1S/C39H45N9O4S.C2HF3O2/c1-3-32(49)44-30-20-31(35(51)34(30)50)48-23-41-33-36(40-21-29(24-10-6-4-7-11-24)25-12-8-5-9-13-25)45-38(46-37(33)48)47-19-18-27(22-47)43-39(52)42-26-14-16-28(53-2)17-15-26;3-2(4,5)1(6)7/h4-17,23,27,29-31,34-35,50-51H,3,18-22H2,1-2H3,(H,44,49)(H,40,45,46)(H2,42,43,52);(H,6,7)/t27-,30+,31-,34-,35+;/m1./s1. The molecule has 0 unspecified atom stereocenters. The molecule has 1 aliphatic carbocycles. The number of halogens is 3. The maximum absolute atomic E-state index is 12.9. The van der Waals surface area contributed by atoms with E-state index in [1.807, 2.05) is 71.8 Å². The average Bonchev–Trinajstić information content (AvgIpc) is 3.96. The molecule has 2 aromatic heterocycles. The summed E-state index contributed by atoms with van der Waals surface area (Å²) in [4.78, 5) is 51.9. The molecular formula is C41H46F3N9O6S. The Morgan fingerprint density at radius 1 is 0.917 bits per heavy atom. The summed E-state index contributed by atoms with van der Waals surface area (Å²) < 4.78 is 33.5. The van der Waals surface area contributed by atoms with E-state index in [4.69, 9.17) is 24.9 Å². The van der Waals surface area contributed by atoms with Crippen LogP contribution in [0.25, 0.3) is 11.2 Å². The molecule has 19 heteroatoms. The predicted molar refractivity (Wildman–Crippen MR) is 221 cm³/mol. The summed E-state index contributed by atoms with van der Waals surface area (Å²) >= 11 is 1.64. The number of urea groups is 1. The van der Waals surface area contributed by atoms with Crippen LogP contribution < -0.4 is 26.2 Å². The maximum atomic E-state index is 12.9. The fraction of sp³-hybridized carbons (Fsp3) is 0.366. The van der Waals surface area contributed by atoms with Gasteiger partial charge in [0.25, 0.3) is 0 Å². The first kappa shape index (κ1) is 43.7. The minimum atomic E-state index is -5.08. The van der Waals surface area contributed by atoms with Crippen LogP contribution in [0.5, 0.6) is 0 Å². The number of nitrogens with zero attached hydrogens (tertiary/aromatic N) is 5. The summed E-state index contributed by atoms with van der Waals surface area (Å²) in [7, 11) is 0. The summed E-state index contributed by atoms with van der Waals surface area (Å²) in [5.74, 6) is -1.95. The molecule has 318 valence electrons. The van der Waals surface area contributed by atoms with E-state index in [9.17, 15) is 33.0 Å². The van der Waals surface area contributed by atoms with Crippen molar-refractivity contribution in [2.45, 2.75) is 73.5 Å². The molecular weight excluding hydrogens is 804 g/mol. The van der Waals surface area contributed by atoms with Gasteiger partial charge in [-0.2, -0.15) is 23.1 Å². The highest BCUT2D eigenvalue weighted by Crippen LogP contribution is 2.36. The normalized spacial score (nSPS) is 20.1. The van der Waals surface area contributed by atoms with Crippen molar-refractivity contribution >= 4 is 58.3 Å². The van der Waals surface area contributed by atoms with Crippen molar-refractivity contribution in [2.24, 2.45) is 0 Å². The highest BCUT2D eigenvalue weighted by molar-refractivity contribution is 7.98. The lowest BCUT2D eigenvalue weighted by Crippen LogP contribution is -2.42. The second-order valence-electron chi connectivity index (χ2n) is 14.3. The lowest BCUT2D eigenvalue weighted by atomic mass is 9.91. The van der Waals surface area contributed by atoms with Gasteiger partial charge in [-0.3, -0.25) is 4.79 Å². The minimum Gasteiger partial charge on any atom is -0.475 e. The van der Waals surface area contributed by atoms with Crippen LogP contribution >= 0.6 is 11.8 Å². The molecule has 5 aromatic rings. The van der Waals surface area contributed by atoms with Gasteiger partial charge in [-0.15, -0.1) is 11.8 Å². The zero-order valence-electron chi connectivity index (χ0n) is 32.7. The average molecular weight is 850 g/mol. The molecule has 2 aliphatic rings. The number of benzene rings is 3. The molecule has 3 amide bonds. The smallest absolute Gasteiger partial charge is 0.475 e. The zero-order chi connectivity index (χ0) is 43.0. The van der Waals surface area contributed by atoms with E-state index in [0.29, 0.717) is 61.1 Å². The topological polar surface area (TPSA) is 207 Å². The molecule has 3 heterocycles. The third-order valence-electron chi connectivity index (χ3n) is 10.4. The molecule has 7 rings (SSSR count). The number of fused-ring (bicyclic) bond motifs is 1. The maximum Gasteiger partial charge on any atom is 0.490 e. The van der Waals surface area contributed by atoms with Crippen molar-refractivity contribution in [1.82, 2.24) is 30.2 Å². The molecule has 5 atom stereocenters. The quantitative estimate of drug-likeness (QED) is 0.0790. The number of aromatic nitrogens is 4. The number of carboxylic acids is 1. The van der Waals surface area contributed by atoms with Gasteiger partial charge < -0.3 is 46.1 Å². The van der Waals surface area contributed by atoms with E-state index in [-0.39, 0.29) is 30.3 Å². The van der Waals surface area contributed by atoms with Crippen molar-refractivity contribution in [3.8, 4) is 0 Å². The van der Waals surface area contributed by atoms with Gasteiger partial charge in [-0.25, -0.2) is 14.6 Å². The molecule has 60 heavy (non-hydrogen) atoms. The third-order valence-corrected chi connectivity index (χ3v) is 11.1. The van der Waals surface area contributed by atoms with E-state index < -0.39 is 36.4 Å². The van der Waals surface area contributed by atoms with E-state index in [1.54, 1.807) is 29.6 Å². The fourth-order valence-corrected chi connectivity index (χ4v) is 7.64. The number of hydrogen-bond acceptors (Lipinski definition) is 11. The number of aliphatic hydroxyl groups excluding tert-OH is 2. The monoisotopic (exact) mass is 849 g/mol. The van der Waals surface area contributed by atoms with Gasteiger partial charge >= 0.3 is 18.2 Å². The van der Waals surface area contributed by atoms with Crippen molar-refractivity contribution < 1.29 is 42.9 Å². The summed E-state index contributed by atoms with van der Waals surface area (Å²) in [5.41, 5.74) is 4.04. The van der Waals surface area contributed by atoms with Crippen LogP contribution in [0.15, 0.2) is 96.2 Å². The molecule has 1 saturated heterocycles. The molecule has 0 bridgehead atoms. The first-order chi connectivity index (χ1) is 28.7. The molecule has 1 aliphatic heterocycles.